The Labute approximate surface area is 145 Å². The molecule has 3 rings (SSSR count). The quantitative estimate of drug-likeness (QED) is 0.892. The summed E-state index contributed by atoms with van der Waals surface area (Å²) in [5, 5.41) is 12.2. The lowest BCUT2D eigenvalue weighted by atomic mass is 9.89. The SMILES string of the molecule is Cc1cccc(-c2cncc(C(=O)NC3(C(=O)O)CCOCC3)c2)c1. The first-order valence-electron chi connectivity index (χ1n) is 8.16. The van der Waals surface area contributed by atoms with Crippen LogP contribution >= 0.6 is 0 Å². The molecule has 0 radical (unpaired) electrons. The molecule has 2 N–H and O–H groups in total. The van der Waals surface area contributed by atoms with Crippen molar-refractivity contribution in [3.63, 3.8) is 0 Å². The van der Waals surface area contributed by atoms with Crippen LogP contribution < -0.4 is 5.32 Å². The Bertz CT molecular complexity index is 798. The Morgan fingerprint density at radius 1 is 1.16 bits per heavy atom. The van der Waals surface area contributed by atoms with Gasteiger partial charge in [0.25, 0.3) is 5.91 Å². The van der Waals surface area contributed by atoms with Crippen molar-refractivity contribution in [1.82, 2.24) is 10.3 Å². The Hall–Kier alpha value is -2.73. The molecule has 0 aliphatic carbocycles. The van der Waals surface area contributed by atoms with E-state index in [0.29, 0.717) is 18.8 Å². The minimum Gasteiger partial charge on any atom is -0.480 e. The molecule has 0 bridgehead atoms. The van der Waals surface area contributed by atoms with Crippen molar-refractivity contribution < 1.29 is 19.4 Å². The highest BCUT2D eigenvalue weighted by atomic mass is 16.5. The van der Waals surface area contributed by atoms with Crippen LogP contribution in [0.3, 0.4) is 0 Å². The number of carboxylic acids is 1. The van der Waals surface area contributed by atoms with Crippen molar-refractivity contribution in [1.29, 1.82) is 0 Å². The lowest BCUT2D eigenvalue weighted by molar-refractivity contribution is -0.148. The van der Waals surface area contributed by atoms with E-state index in [1.54, 1.807) is 12.3 Å². The van der Waals surface area contributed by atoms with Gasteiger partial charge in [0, 0.05) is 44.0 Å². The summed E-state index contributed by atoms with van der Waals surface area (Å²) < 4.78 is 5.22. The third-order valence-corrected chi connectivity index (χ3v) is 4.46. The molecule has 1 aromatic carbocycles. The minimum absolute atomic E-state index is 0.249. The number of carbonyl (C=O) groups excluding carboxylic acids is 1. The number of aryl methyl sites for hydroxylation is 1. The van der Waals surface area contributed by atoms with Gasteiger partial charge in [-0.2, -0.15) is 0 Å². The number of nitrogens with zero attached hydrogens (tertiary/aromatic N) is 1. The number of pyridine rings is 1. The average molecular weight is 340 g/mol. The first-order chi connectivity index (χ1) is 12.0. The van der Waals surface area contributed by atoms with Crippen LogP contribution in [0.1, 0.15) is 28.8 Å². The van der Waals surface area contributed by atoms with Gasteiger partial charge in [-0.05, 0) is 18.6 Å². The fourth-order valence-corrected chi connectivity index (χ4v) is 2.95. The van der Waals surface area contributed by atoms with E-state index in [4.69, 9.17) is 4.74 Å². The molecule has 1 amide bonds. The summed E-state index contributed by atoms with van der Waals surface area (Å²) in [6, 6.07) is 9.62. The summed E-state index contributed by atoms with van der Waals surface area (Å²) in [6.45, 7) is 2.62. The van der Waals surface area contributed by atoms with Crippen LogP contribution in [0, 0.1) is 6.92 Å². The van der Waals surface area contributed by atoms with Crippen molar-refractivity contribution >= 4 is 11.9 Å². The molecule has 1 saturated heterocycles. The van der Waals surface area contributed by atoms with Crippen LogP contribution in [0.4, 0.5) is 0 Å². The molecule has 25 heavy (non-hydrogen) atoms. The van der Waals surface area contributed by atoms with Crippen molar-refractivity contribution in [3.8, 4) is 11.1 Å². The highest BCUT2D eigenvalue weighted by Crippen LogP contribution is 2.23. The molecule has 1 aliphatic heterocycles. The van der Waals surface area contributed by atoms with E-state index in [2.05, 4.69) is 10.3 Å². The van der Waals surface area contributed by atoms with Crippen LogP contribution in [0.25, 0.3) is 11.1 Å². The maximum atomic E-state index is 12.6. The summed E-state index contributed by atoms with van der Waals surface area (Å²) in [5.74, 6) is -1.47. The highest BCUT2D eigenvalue weighted by molar-refractivity contribution is 5.98. The predicted octanol–water partition coefficient (Wildman–Crippen LogP) is 2.42. The number of rotatable bonds is 4. The molecular weight excluding hydrogens is 320 g/mol. The second-order valence-corrected chi connectivity index (χ2v) is 6.29. The summed E-state index contributed by atoms with van der Waals surface area (Å²) in [6.07, 6.45) is 3.63. The molecule has 0 atom stereocenters. The van der Waals surface area contributed by atoms with Crippen molar-refractivity contribution in [2.45, 2.75) is 25.3 Å². The summed E-state index contributed by atoms with van der Waals surface area (Å²) in [7, 11) is 0. The Balaban J connectivity index is 1.85. The van der Waals surface area contributed by atoms with Crippen LogP contribution in [-0.2, 0) is 9.53 Å². The number of benzene rings is 1. The van der Waals surface area contributed by atoms with Crippen molar-refractivity contribution in [2.24, 2.45) is 0 Å². The first-order valence-corrected chi connectivity index (χ1v) is 8.16. The van der Waals surface area contributed by atoms with Gasteiger partial charge in [-0.3, -0.25) is 9.78 Å². The molecule has 2 heterocycles. The molecule has 1 aliphatic rings. The lowest BCUT2D eigenvalue weighted by Gasteiger charge is -2.33. The van der Waals surface area contributed by atoms with E-state index in [1.165, 1.54) is 6.20 Å². The van der Waals surface area contributed by atoms with Gasteiger partial charge in [-0.25, -0.2) is 4.79 Å². The molecule has 0 spiro atoms. The Kier molecular flexibility index (Phi) is 4.81. The minimum atomic E-state index is -1.28. The number of ether oxygens (including phenoxy) is 1. The van der Waals surface area contributed by atoms with Gasteiger partial charge >= 0.3 is 5.97 Å². The van der Waals surface area contributed by atoms with Gasteiger partial charge in [0.2, 0.25) is 0 Å². The number of hydrogen-bond donors (Lipinski definition) is 2. The number of carbonyl (C=O) groups is 2. The molecule has 6 heteroatoms. The zero-order valence-electron chi connectivity index (χ0n) is 14.0. The largest absolute Gasteiger partial charge is 0.480 e. The van der Waals surface area contributed by atoms with E-state index >= 15 is 0 Å². The second kappa shape index (κ2) is 7.03. The Morgan fingerprint density at radius 2 is 1.92 bits per heavy atom. The van der Waals surface area contributed by atoms with Crippen molar-refractivity contribution in [2.75, 3.05) is 13.2 Å². The molecule has 2 aromatic rings. The van der Waals surface area contributed by atoms with Crippen LogP contribution in [0.5, 0.6) is 0 Å². The van der Waals surface area contributed by atoms with E-state index in [-0.39, 0.29) is 12.8 Å². The second-order valence-electron chi connectivity index (χ2n) is 6.29. The van der Waals surface area contributed by atoms with E-state index < -0.39 is 17.4 Å². The zero-order chi connectivity index (χ0) is 17.9. The van der Waals surface area contributed by atoms with Crippen LogP contribution in [0.2, 0.25) is 0 Å². The van der Waals surface area contributed by atoms with Gasteiger partial charge in [0.15, 0.2) is 0 Å². The summed E-state index contributed by atoms with van der Waals surface area (Å²) >= 11 is 0. The molecule has 1 aromatic heterocycles. The predicted molar refractivity (Wildman–Crippen MR) is 92.3 cm³/mol. The topological polar surface area (TPSA) is 88.5 Å². The number of hydrogen-bond acceptors (Lipinski definition) is 4. The molecule has 0 saturated carbocycles. The maximum Gasteiger partial charge on any atom is 0.329 e. The average Bonchev–Trinajstić information content (AvgIpc) is 2.62. The molecule has 0 unspecified atom stereocenters. The van der Waals surface area contributed by atoms with Gasteiger partial charge in [-0.1, -0.05) is 29.8 Å². The van der Waals surface area contributed by atoms with Crippen LogP contribution in [-0.4, -0.2) is 40.7 Å². The molecule has 130 valence electrons. The fraction of sp³-hybridized carbons (Fsp3) is 0.316. The molecule has 1 fully saturated rings. The molecular formula is C19H20N2O4. The Morgan fingerprint density at radius 3 is 2.60 bits per heavy atom. The first kappa shape index (κ1) is 17.1. The lowest BCUT2D eigenvalue weighted by Crippen LogP contribution is -2.57. The van der Waals surface area contributed by atoms with Crippen molar-refractivity contribution in [3.05, 3.63) is 53.9 Å². The van der Waals surface area contributed by atoms with Gasteiger partial charge in [0.1, 0.15) is 5.54 Å². The van der Waals surface area contributed by atoms with Gasteiger partial charge in [-0.15, -0.1) is 0 Å². The van der Waals surface area contributed by atoms with E-state index in [0.717, 1.165) is 16.7 Å². The summed E-state index contributed by atoms with van der Waals surface area (Å²) in [4.78, 5) is 28.4. The monoisotopic (exact) mass is 340 g/mol. The van der Waals surface area contributed by atoms with Gasteiger partial charge < -0.3 is 15.2 Å². The number of nitrogens with one attached hydrogen (secondary N) is 1. The third kappa shape index (κ3) is 3.69. The zero-order valence-corrected chi connectivity index (χ0v) is 14.0. The summed E-state index contributed by atoms with van der Waals surface area (Å²) in [5.41, 5.74) is 1.94. The number of aliphatic carboxylic acids is 1. The number of carboxylic acid groups (broad SMARTS) is 1. The normalized spacial score (nSPS) is 16.2. The smallest absolute Gasteiger partial charge is 0.329 e. The highest BCUT2D eigenvalue weighted by Gasteiger charge is 2.41. The van der Waals surface area contributed by atoms with E-state index in [1.807, 2.05) is 31.2 Å². The van der Waals surface area contributed by atoms with Gasteiger partial charge in [0.05, 0.1) is 5.56 Å². The van der Waals surface area contributed by atoms with Crippen LogP contribution in [0.15, 0.2) is 42.7 Å². The number of amides is 1. The maximum absolute atomic E-state index is 12.6. The standard InChI is InChI=1S/C19H20N2O4/c1-13-3-2-4-14(9-13)15-10-16(12-20-11-15)17(22)21-19(18(23)24)5-7-25-8-6-19/h2-4,9-12H,5-8H2,1H3,(H,21,22)(H,23,24). The fourth-order valence-electron chi connectivity index (χ4n) is 2.95. The molecule has 6 nitrogen and oxygen atoms in total. The van der Waals surface area contributed by atoms with E-state index in [9.17, 15) is 14.7 Å². The number of aromatic nitrogens is 1. The third-order valence-electron chi connectivity index (χ3n) is 4.46.